The van der Waals surface area contributed by atoms with Crippen molar-refractivity contribution in [1.29, 1.82) is 0 Å². The molecule has 0 radical (unpaired) electrons. The van der Waals surface area contributed by atoms with Crippen LogP contribution in [0.25, 0.3) is 5.65 Å². The Hall–Kier alpha value is -1.68. The Morgan fingerprint density at radius 2 is 2.24 bits per heavy atom. The van der Waals surface area contributed by atoms with E-state index in [0.29, 0.717) is 5.92 Å². The quantitative estimate of drug-likeness (QED) is 0.678. The minimum Gasteiger partial charge on any atom is -0.316 e. The number of rotatable bonds is 5. The van der Waals surface area contributed by atoms with Crippen LogP contribution in [-0.2, 0) is 6.42 Å². The number of fused-ring (bicyclic) bond motifs is 1. The Morgan fingerprint density at radius 1 is 1.33 bits per heavy atom. The first-order valence-corrected chi connectivity index (χ1v) is 7.91. The van der Waals surface area contributed by atoms with E-state index >= 15 is 0 Å². The third-order valence-corrected chi connectivity index (χ3v) is 4.63. The van der Waals surface area contributed by atoms with Gasteiger partial charge in [-0.1, -0.05) is 24.6 Å². The fourth-order valence-electron chi connectivity index (χ4n) is 3.26. The first-order chi connectivity index (χ1) is 10.3. The average molecular weight is 284 g/mol. The number of pyridine rings is 1. The van der Waals surface area contributed by atoms with Gasteiger partial charge < -0.3 is 5.32 Å². The van der Waals surface area contributed by atoms with E-state index in [1.165, 1.54) is 12.8 Å². The molecular formula is C17H24N4. The van der Waals surface area contributed by atoms with Gasteiger partial charge in [0, 0.05) is 25.7 Å². The summed E-state index contributed by atoms with van der Waals surface area (Å²) in [5, 5.41) is 12.1. The summed E-state index contributed by atoms with van der Waals surface area (Å²) >= 11 is 0. The summed E-state index contributed by atoms with van der Waals surface area (Å²) < 4.78 is 2.07. The Labute approximate surface area is 126 Å². The molecule has 0 saturated carbocycles. The lowest BCUT2D eigenvalue weighted by Crippen LogP contribution is -2.31. The molecule has 0 saturated heterocycles. The molecule has 0 bridgehead atoms. The molecule has 2 heterocycles. The lowest BCUT2D eigenvalue weighted by atomic mass is 9.80. The average Bonchev–Trinajstić information content (AvgIpc) is 2.89. The van der Waals surface area contributed by atoms with E-state index in [-0.39, 0.29) is 0 Å². The molecule has 2 atom stereocenters. The third kappa shape index (κ3) is 3.16. The van der Waals surface area contributed by atoms with E-state index in [2.05, 4.69) is 39.8 Å². The number of allylic oxidation sites excluding steroid dienone is 1. The zero-order valence-electron chi connectivity index (χ0n) is 12.9. The van der Waals surface area contributed by atoms with Gasteiger partial charge in [0.25, 0.3) is 0 Å². The van der Waals surface area contributed by atoms with Crippen molar-refractivity contribution in [3.8, 4) is 0 Å². The van der Waals surface area contributed by atoms with Gasteiger partial charge in [-0.05, 0) is 43.7 Å². The summed E-state index contributed by atoms with van der Waals surface area (Å²) in [6.07, 6.45) is 7.90. The zero-order valence-corrected chi connectivity index (χ0v) is 12.9. The van der Waals surface area contributed by atoms with Crippen molar-refractivity contribution >= 4 is 5.65 Å². The Kier molecular flexibility index (Phi) is 4.34. The van der Waals surface area contributed by atoms with E-state index in [1.807, 2.05) is 24.4 Å². The SMILES string of the molecule is CC1=CCC[C@@H](C)[C@@H]1CNCCc1nnc2ccccn12. The van der Waals surface area contributed by atoms with Gasteiger partial charge in [0.1, 0.15) is 5.82 Å². The highest BCUT2D eigenvalue weighted by molar-refractivity contribution is 5.36. The number of hydrogen-bond donors (Lipinski definition) is 1. The van der Waals surface area contributed by atoms with Crippen LogP contribution in [0.15, 0.2) is 36.0 Å². The van der Waals surface area contributed by atoms with Crippen LogP contribution in [-0.4, -0.2) is 27.7 Å². The van der Waals surface area contributed by atoms with Gasteiger partial charge in [0.05, 0.1) is 0 Å². The smallest absolute Gasteiger partial charge is 0.160 e. The van der Waals surface area contributed by atoms with Crippen molar-refractivity contribution in [3.05, 3.63) is 41.9 Å². The molecule has 0 aromatic carbocycles. The molecule has 0 spiro atoms. The van der Waals surface area contributed by atoms with Gasteiger partial charge in [-0.25, -0.2) is 0 Å². The molecule has 112 valence electrons. The van der Waals surface area contributed by atoms with Crippen LogP contribution in [0.1, 0.15) is 32.5 Å². The van der Waals surface area contributed by atoms with E-state index in [9.17, 15) is 0 Å². The first-order valence-electron chi connectivity index (χ1n) is 7.91. The monoisotopic (exact) mass is 284 g/mol. The second-order valence-corrected chi connectivity index (χ2v) is 6.11. The maximum atomic E-state index is 4.27. The molecule has 2 aromatic heterocycles. The minimum absolute atomic E-state index is 0.689. The predicted molar refractivity (Wildman–Crippen MR) is 85.2 cm³/mol. The zero-order chi connectivity index (χ0) is 14.7. The lowest BCUT2D eigenvalue weighted by Gasteiger charge is -2.29. The van der Waals surface area contributed by atoms with Crippen LogP contribution in [0.2, 0.25) is 0 Å². The van der Waals surface area contributed by atoms with Gasteiger partial charge in [-0.15, -0.1) is 10.2 Å². The molecule has 1 aliphatic carbocycles. The van der Waals surface area contributed by atoms with Crippen molar-refractivity contribution in [2.24, 2.45) is 11.8 Å². The maximum Gasteiger partial charge on any atom is 0.160 e. The summed E-state index contributed by atoms with van der Waals surface area (Å²) in [5.41, 5.74) is 2.47. The van der Waals surface area contributed by atoms with Gasteiger partial charge in [-0.2, -0.15) is 0 Å². The van der Waals surface area contributed by atoms with Crippen molar-refractivity contribution in [2.45, 2.75) is 33.1 Å². The Balaban J connectivity index is 1.52. The first kappa shape index (κ1) is 14.3. The number of nitrogens with zero attached hydrogens (tertiary/aromatic N) is 3. The Morgan fingerprint density at radius 3 is 3.10 bits per heavy atom. The van der Waals surface area contributed by atoms with Gasteiger partial charge in [0.15, 0.2) is 5.65 Å². The van der Waals surface area contributed by atoms with Gasteiger partial charge in [0.2, 0.25) is 0 Å². The predicted octanol–water partition coefficient (Wildman–Crippen LogP) is 2.85. The highest BCUT2D eigenvalue weighted by Crippen LogP contribution is 2.29. The summed E-state index contributed by atoms with van der Waals surface area (Å²) in [6.45, 7) is 6.66. The molecule has 4 nitrogen and oxygen atoms in total. The highest BCUT2D eigenvalue weighted by atomic mass is 15.2. The lowest BCUT2D eigenvalue weighted by molar-refractivity contribution is 0.351. The molecule has 0 fully saturated rings. The van der Waals surface area contributed by atoms with Crippen LogP contribution >= 0.6 is 0 Å². The molecule has 0 unspecified atom stereocenters. The molecule has 4 heteroatoms. The van der Waals surface area contributed by atoms with E-state index in [4.69, 9.17) is 0 Å². The topological polar surface area (TPSA) is 42.2 Å². The molecular weight excluding hydrogens is 260 g/mol. The van der Waals surface area contributed by atoms with Crippen LogP contribution in [0.4, 0.5) is 0 Å². The third-order valence-electron chi connectivity index (χ3n) is 4.63. The van der Waals surface area contributed by atoms with Crippen molar-refractivity contribution in [2.75, 3.05) is 13.1 Å². The summed E-state index contributed by atoms with van der Waals surface area (Å²) in [5.74, 6) is 2.51. The molecule has 1 aliphatic rings. The Bertz CT molecular complexity index is 629. The molecule has 0 aliphatic heterocycles. The number of nitrogens with one attached hydrogen (secondary N) is 1. The van der Waals surface area contributed by atoms with Crippen molar-refractivity contribution in [1.82, 2.24) is 19.9 Å². The fraction of sp³-hybridized carbons (Fsp3) is 0.529. The summed E-state index contributed by atoms with van der Waals surface area (Å²) in [7, 11) is 0. The van der Waals surface area contributed by atoms with Crippen LogP contribution < -0.4 is 5.32 Å². The molecule has 3 rings (SSSR count). The second-order valence-electron chi connectivity index (χ2n) is 6.11. The van der Waals surface area contributed by atoms with Crippen molar-refractivity contribution < 1.29 is 0 Å². The largest absolute Gasteiger partial charge is 0.316 e. The van der Waals surface area contributed by atoms with Crippen LogP contribution in [0.3, 0.4) is 0 Å². The normalized spacial score (nSPS) is 22.5. The second kappa shape index (κ2) is 6.39. The van der Waals surface area contributed by atoms with Crippen LogP contribution in [0.5, 0.6) is 0 Å². The van der Waals surface area contributed by atoms with Gasteiger partial charge in [-0.3, -0.25) is 4.40 Å². The highest BCUT2D eigenvalue weighted by Gasteiger charge is 2.21. The molecule has 0 amide bonds. The van der Waals surface area contributed by atoms with E-state index in [1.54, 1.807) is 5.57 Å². The number of aromatic nitrogens is 3. The summed E-state index contributed by atoms with van der Waals surface area (Å²) in [4.78, 5) is 0. The maximum absolute atomic E-state index is 4.27. The molecule has 2 aromatic rings. The standard InChI is InChI=1S/C17H24N4/c1-13-6-5-7-14(2)15(13)12-18-10-9-17-20-19-16-8-3-4-11-21(16)17/h3-4,6,8,11,14-15,18H,5,7,9-10,12H2,1-2H3/t14-,15-/m1/s1. The molecule has 21 heavy (non-hydrogen) atoms. The summed E-state index contributed by atoms with van der Waals surface area (Å²) in [6, 6.07) is 6.00. The molecule has 1 N–H and O–H groups in total. The van der Waals surface area contributed by atoms with Crippen molar-refractivity contribution in [3.63, 3.8) is 0 Å². The van der Waals surface area contributed by atoms with Gasteiger partial charge >= 0.3 is 0 Å². The fourth-order valence-corrected chi connectivity index (χ4v) is 3.26. The van der Waals surface area contributed by atoms with E-state index < -0.39 is 0 Å². The number of hydrogen-bond acceptors (Lipinski definition) is 3. The minimum atomic E-state index is 0.689. The van der Waals surface area contributed by atoms with Crippen LogP contribution in [0, 0.1) is 11.8 Å². The van der Waals surface area contributed by atoms with E-state index in [0.717, 1.165) is 36.9 Å².